The highest BCUT2D eigenvalue weighted by Crippen LogP contribution is 2.39. The SMILES string of the molecule is C[C@H](NC(=O)[C@H](C)NC(=O)[C@@H]1CCCN1)C(=O)N[C@@H](C)P(=O)(O)O. The van der Waals surface area contributed by atoms with Crippen LogP contribution in [0.4, 0.5) is 0 Å². The molecule has 11 heteroatoms. The zero-order valence-corrected chi connectivity index (χ0v) is 14.8. The molecule has 138 valence electrons. The van der Waals surface area contributed by atoms with Crippen LogP contribution in [-0.4, -0.2) is 58.0 Å². The van der Waals surface area contributed by atoms with Crippen molar-refractivity contribution < 1.29 is 28.7 Å². The van der Waals surface area contributed by atoms with Crippen molar-refractivity contribution in [1.82, 2.24) is 21.3 Å². The molecule has 0 unspecified atom stereocenters. The predicted octanol–water partition coefficient (Wildman–Crippen LogP) is -1.61. The number of nitrogens with one attached hydrogen (secondary N) is 4. The molecule has 3 amide bonds. The molecular formula is C13H25N4O6P. The highest BCUT2D eigenvalue weighted by atomic mass is 31.2. The van der Waals surface area contributed by atoms with Gasteiger partial charge in [0, 0.05) is 0 Å². The number of hydrogen-bond acceptors (Lipinski definition) is 5. The van der Waals surface area contributed by atoms with E-state index in [9.17, 15) is 18.9 Å². The van der Waals surface area contributed by atoms with Gasteiger partial charge in [-0.15, -0.1) is 0 Å². The second-order valence-corrected chi connectivity index (χ2v) is 7.84. The van der Waals surface area contributed by atoms with Crippen molar-refractivity contribution in [3.05, 3.63) is 0 Å². The molecular weight excluding hydrogens is 339 g/mol. The lowest BCUT2D eigenvalue weighted by Gasteiger charge is -2.21. The van der Waals surface area contributed by atoms with E-state index in [1.807, 2.05) is 0 Å². The minimum absolute atomic E-state index is 0.276. The summed E-state index contributed by atoms with van der Waals surface area (Å²) in [6.07, 6.45) is 1.60. The minimum Gasteiger partial charge on any atom is -0.343 e. The third-order valence-corrected chi connectivity index (χ3v) is 4.87. The van der Waals surface area contributed by atoms with Crippen LogP contribution in [-0.2, 0) is 18.9 Å². The standard InChI is InChI=1S/C13H25N4O6P/c1-7(16-13(20)10-5-4-6-14-10)11(18)15-8(2)12(19)17-9(3)24(21,22)23/h7-10,14H,4-6H2,1-3H3,(H,15,18)(H,16,20)(H,17,19)(H2,21,22,23)/t7-,8-,9+,10-/m0/s1. The van der Waals surface area contributed by atoms with Gasteiger partial charge in [0.15, 0.2) is 0 Å². The zero-order valence-electron chi connectivity index (χ0n) is 13.9. The van der Waals surface area contributed by atoms with Crippen LogP contribution in [0.15, 0.2) is 0 Å². The number of hydrogen-bond donors (Lipinski definition) is 6. The van der Waals surface area contributed by atoms with Crippen LogP contribution in [0.2, 0.25) is 0 Å². The van der Waals surface area contributed by atoms with E-state index in [0.717, 1.165) is 13.0 Å². The fraction of sp³-hybridized carbons (Fsp3) is 0.769. The molecule has 0 aromatic rings. The van der Waals surface area contributed by atoms with Crippen LogP contribution in [0.25, 0.3) is 0 Å². The first kappa shape index (κ1) is 20.6. The summed E-state index contributed by atoms with van der Waals surface area (Å²) < 4.78 is 11.0. The molecule has 4 atom stereocenters. The molecule has 0 spiro atoms. The van der Waals surface area contributed by atoms with Gasteiger partial charge in [-0.1, -0.05) is 0 Å². The lowest BCUT2D eigenvalue weighted by Crippen LogP contribution is -2.54. The molecule has 1 rings (SSSR count). The molecule has 10 nitrogen and oxygen atoms in total. The van der Waals surface area contributed by atoms with Crippen molar-refractivity contribution in [2.24, 2.45) is 0 Å². The molecule has 0 aromatic carbocycles. The largest absolute Gasteiger partial charge is 0.347 e. The first-order valence-electron chi connectivity index (χ1n) is 7.72. The van der Waals surface area contributed by atoms with Gasteiger partial charge >= 0.3 is 7.60 Å². The van der Waals surface area contributed by atoms with E-state index >= 15 is 0 Å². The average molecular weight is 364 g/mol. The molecule has 1 heterocycles. The Bertz CT molecular complexity index is 531. The maximum atomic E-state index is 12.0. The van der Waals surface area contributed by atoms with Gasteiger partial charge in [0.2, 0.25) is 17.7 Å². The number of amides is 3. The Kier molecular flexibility index (Phi) is 7.34. The van der Waals surface area contributed by atoms with E-state index in [0.29, 0.717) is 6.42 Å². The Morgan fingerprint density at radius 1 is 1.04 bits per heavy atom. The van der Waals surface area contributed by atoms with Crippen LogP contribution < -0.4 is 21.3 Å². The van der Waals surface area contributed by atoms with Crippen LogP contribution in [0.5, 0.6) is 0 Å². The molecule has 6 N–H and O–H groups in total. The molecule has 0 saturated carbocycles. The molecule has 0 bridgehead atoms. The Hall–Kier alpha value is -1.48. The van der Waals surface area contributed by atoms with Gasteiger partial charge < -0.3 is 31.1 Å². The summed E-state index contributed by atoms with van der Waals surface area (Å²) in [7, 11) is -4.44. The summed E-state index contributed by atoms with van der Waals surface area (Å²) in [5.41, 5.74) is 0. The van der Waals surface area contributed by atoms with Gasteiger partial charge in [-0.2, -0.15) is 0 Å². The second-order valence-electron chi connectivity index (χ2n) is 5.88. The van der Waals surface area contributed by atoms with Crippen LogP contribution in [0.1, 0.15) is 33.6 Å². The highest BCUT2D eigenvalue weighted by Gasteiger charge is 2.29. The summed E-state index contributed by atoms with van der Waals surface area (Å²) >= 11 is 0. The summed E-state index contributed by atoms with van der Waals surface area (Å²) in [5.74, 6) is -2.92. The molecule has 1 saturated heterocycles. The lowest BCUT2D eigenvalue weighted by molar-refractivity contribution is -0.132. The maximum Gasteiger partial charge on any atom is 0.347 e. The summed E-state index contributed by atoms with van der Waals surface area (Å²) in [6, 6.07) is -2.16. The topological polar surface area (TPSA) is 157 Å². The molecule has 24 heavy (non-hydrogen) atoms. The molecule has 1 aliphatic rings. The summed E-state index contributed by atoms with van der Waals surface area (Å²) in [6.45, 7) is 4.80. The molecule has 1 fully saturated rings. The Balaban J connectivity index is 2.45. The maximum absolute atomic E-state index is 12.0. The van der Waals surface area contributed by atoms with Crippen molar-refractivity contribution in [2.45, 2.75) is 57.5 Å². The highest BCUT2D eigenvalue weighted by molar-refractivity contribution is 7.52. The molecule has 0 radical (unpaired) electrons. The minimum atomic E-state index is -4.44. The number of rotatable bonds is 7. The monoisotopic (exact) mass is 364 g/mol. The van der Waals surface area contributed by atoms with Gasteiger partial charge in [0.25, 0.3) is 0 Å². The van der Waals surface area contributed by atoms with Gasteiger partial charge in [-0.25, -0.2) is 0 Å². The van der Waals surface area contributed by atoms with Crippen molar-refractivity contribution >= 4 is 25.3 Å². The second kappa shape index (κ2) is 8.57. The summed E-state index contributed by atoms with van der Waals surface area (Å²) in [4.78, 5) is 53.6. The first-order chi connectivity index (χ1) is 11.0. The zero-order chi connectivity index (χ0) is 18.5. The van der Waals surface area contributed by atoms with E-state index in [1.165, 1.54) is 20.8 Å². The number of carbonyl (C=O) groups excluding carboxylic acids is 3. The van der Waals surface area contributed by atoms with E-state index < -0.39 is 37.3 Å². The van der Waals surface area contributed by atoms with Crippen molar-refractivity contribution in [3.63, 3.8) is 0 Å². The van der Waals surface area contributed by atoms with E-state index in [4.69, 9.17) is 9.79 Å². The van der Waals surface area contributed by atoms with Gasteiger partial charge in [0.05, 0.1) is 6.04 Å². The number of carbonyl (C=O) groups is 3. The Morgan fingerprint density at radius 3 is 2.08 bits per heavy atom. The van der Waals surface area contributed by atoms with E-state index in [2.05, 4.69) is 21.3 Å². The fourth-order valence-corrected chi connectivity index (χ4v) is 2.40. The fourth-order valence-electron chi connectivity index (χ4n) is 2.11. The van der Waals surface area contributed by atoms with Gasteiger partial charge in [-0.3, -0.25) is 18.9 Å². The van der Waals surface area contributed by atoms with E-state index in [-0.39, 0.29) is 11.9 Å². The molecule has 1 aliphatic heterocycles. The third kappa shape index (κ3) is 6.20. The molecule has 0 aliphatic carbocycles. The Morgan fingerprint density at radius 2 is 1.58 bits per heavy atom. The van der Waals surface area contributed by atoms with Gasteiger partial charge in [0.1, 0.15) is 17.9 Å². The normalized spacial score (nSPS) is 21.5. The van der Waals surface area contributed by atoms with Crippen LogP contribution in [0.3, 0.4) is 0 Å². The van der Waals surface area contributed by atoms with Crippen LogP contribution >= 0.6 is 7.60 Å². The predicted molar refractivity (Wildman–Crippen MR) is 85.9 cm³/mol. The van der Waals surface area contributed by atoms with Crippen LogP contribution in [0, 0.1) is 0 Å². The van der Waals surface area contributed by atoms with E-state index in [1.54, 1.807) is 0 Å². The summed E-state index contributed by atoms with van der Waals surface area (Å²) in [5, 5.41) is 10.1. The quantitative estimate of drug-likeness (QED) is 0.297. The van der Waals surface area contributed by atoms with Crippen molar-refractivity contribution in [3.8, 4) is 0 Å². The smallest absolute Gasteiger partial charge is 0.343 e. The lowest BCUT2D eigenvalue weighted by atomic mass is 10.2. The van der Waals surface area contributed by atoms with Gasteiger partial charge in [-0.05, 0) is 40.2 Å². The first-order valence-corrected chi connectivity index (χ1v) is 9.40. The Labute approximate surface area is 140 Å². The van der Waals surface area contributed by atoms with Crippen molar-refractivity contribution in [1.29, 1.82) is 0 Å². The third-order valence-electron chi connectivity index (χ3n) is 3.74. The average Bonchev–Trinajstić information content (AvgIpc) is 2.99. The van der Waals surface area contributed by atoms with Crippen molar-refractivity contribution in [2.75, 3.05) is 6.54 Å². The molecule has 0 aromatic heterocycles.